The predicted molar refractivity (Wildman–Crippen MR) is 82.2 cm³/mol. The summed E-state index contributed by atoms with van der Waals surface area (Å²) in [7, 11) is 0. The second-order valence-corrected chi connectivity index (χ2v) is 7.82. The van der Waals surface area contributed by atoms with Crippen molar-refractivity contribution < 1.29 is 0 Å². The van der Waals surface area contributed by atoms with Gasteiger partial charge in [-0.1, -0.05) is 26.2 Å². The predicted octanol–water partition coefficient (Wildman–Crippen LogP) is 4.36. The first kappa shape index (κ1) is 14.4. The lowest BCUT2D eigenvalue weighted by Crippen LogP contribution is -2.50. The van der Waals surface area contributed by atoms with E-state index in [-0.39, 0.29) is 0 Å². The molecule has 2 heteroatoms. The highest BCUT2D eigenvalue weighted by atomic mass is 15.2. The van der Waals surface area contributed by atoms with Gasteiger partial charge in [0.25, 0.3) is 0 Å². The lowest BCUT2D eigenvalue weighted by Gasteiger charge is -2.48. The molecule has 2 aliphatic carbocycles. The molecule has 1 aliphatic heterocycles. The molecule has 0 amide bonds. The molecule has 2 saturated carbocycles. The Bertz CT molecular complexity index is 354. The summed E-state index contributed by atoms with van der Waals surface area (Å²) >= 11 is 0. The van der Waals surface area contributed by atoms with Crippen molar-refractivity contribution >= 4 is 0 Å². The third-order valence-corrected chi connectivity index (χ3v) is 6.49. The molecule has 3 rings (SSSR count). The van der Waals surface area contributed by atoms with Crippen LogP contribution in [0.15, 0.2) is 0 Å². The molecule has 3 aliphatic rings. The van der Waals surface area contributed by atoms with Gasteiger partial charge < -0.3 is 0 Å². The standard InChI is InChI=1S/C18H30N2/c1-15-5-6-16(14-19)17(13-15)20-11-9-18(10-12-20)7-3-2-4-8-18/h15-17H,2-13H2,1H3. The minimum atomic E-state index is 0.298. The molecule has 0 aromatic rings. The van der Waals surface area contributed by atoms with Gasteiger partial charge in [0.05, 0.1) is 12.0 Å². The Balaban J connectivity index is 1.60. The summed E-state index contributed by atoms with van der Waals surface area (Å²) in [5, 5.41) is 9.44. The smallest absolute Gasteiger partial charge is 0.0672 e. The summed E-state index contributed by atoms with van der Waals surface area (Å²) in [6, 6.07) is 3.16. The highest BCUT2D eigenvalue weighted by Crippen LogP contribution is 2.45. The minimum Gasteiger partial charge on any atom is -0.299 e. The maximum absolute atomic E-state index is 9.44. The number of nitrogens with zero attached hydrogens (tertiary/aromatic N) is 2. The number of rotatable bonds is 1. The molecule has 2 nitrogen and oxygen atoms in total. The Morgan fingerprint density at radius 1 is 1.00 bits per heavy atom. The van der Waals surface area contributed by atoms with Crippen molar-refractivity contribution in [3.8, 4) is 6.07 Å². The van der Waals surface area contributed by atoms with Crippen LogP contribution >= 0.6 is 0 Å². The van der Waals surface area contributed by atoms with E-state index in [4.69, 9.17) is 0 Å². The van der Waals surface area contributed by atoms with Gasteiger partial charge in [-0.3, -0.25) is 4.90 Å². The zero-order chi connectivity index (χ0) is 14.0. The molecule has 112 valence electrons. The Morgan fingerprint density at radius 2 is 1.70 bits per heavy atom. The van der Waals surface area contributed by atoms with E-state index >= 15 is 0 Å². The van der Waals surface area contributed by atoms with E-state index in [0.29, 0.717) is 17.4 Å². The quantitative estimate of drug-likeness (QED) is 0.710. The fourth-order valence-electron chi connectivity index (χ4n) is 5.04. The first-order chi connectivity index (χ1) is 9.72. The Kier molecular flexibility index (Phi) is 4.36. The molecule has 0 aromatic carbocycles. The first-order valence-electron chi connectivity index (χ1n) is 8.86. The topological polar surface area (TPSA) is 27.0 Å². The highest BCUT2D eigenvalue weighted by Gasteiger charge is 2.40. The summed E-state index contributed by atoms with van der Waals surface area (Å²) in [5.74, 6) is 1.11. The molecule has 3 unspecified atom stereocenters. The van der Waals surface area contributed by atoms with Crippen LogP contribution in [-0.2, 0) is 0 Å². The molecule has 20 heavy (non-hydrogen) atoms. The summed E-state index contributed by atoms with van der Waals surface area (Å²) in [5.41, 5.74) is 0.692. The highest BCUT2D eigenvalue weighted by molar-refractivity contribution is 4.99. The molecule has 3 atom stereocenters. The van der Waals surface area contributed by atoms with Crippen LogP contribution in [0.5, 0.6) is 0 Å². The first-order valence-corrected chi connectivity index (χ1v) is 8.86. The maximum Gasteiger partial charge on any atom is 0.0672 e. The molecule has 1 saturated heterocycles. The van der Waals surface area contributed by atoms with Gasteiger partial charge in [-0.15, -0.1) is 0 Å². The summed E-state index contributed by atoms with van der Waals surface area (Å²) in [6.45, 7) is 4.89. The van der Waals surface area contributed by atoms with Crippen molar-refractivity contribution in [2.75, 3.05) is 13.1 Å². The number of hydrogen-bond donors (Lipinski definition) is 0. The van der Waals surface area contributed by atoms with Crippen molar-refractivity contribution in [1.29, 1.82) is 5.26 Å². The van der Waals surface area contributed by atoms with Crippen LogP contribution in [-0.4, -0.2) is 24.0 Å². The fourth-order valence-corrected chi connectivity index (χ4v) is 5.04. The normalized spacial score (nSPS) is 38.5. The van der Waals surface area contributed by atoms with Crippen LogP contribution in [0, 0.1) is 28.6 Å². The summed E-state index contributed by atoms with van der Waals surface area (Å²) in [6.07, 6.45) is 13.8. The Labute approximate surface area is 124 Å². The monoisotopic (exact) mass is 274 g/mol. The second-order valence-electron chi connectivity index (χ2n) is 7.82. The number of nitriles is 1. The lowest BCUT2D eigenvalue weighted by atomic mass is 9.67. The van der Waals surface area contributed by atoms with Crippen LogP contribution in [0.4, 0.5) is 0 Å². The van der Waals surface area contributed by atoms with E-state index in [9.17, 15) is 5.26 Å². The Morgan fingerprint density at radius 3 is 2.35 bits per heavy atom. The summed E-state index contributed by atoms with van der Waals surface area (Å²) in [4.78, 5) is 2.68. The third kappa shape index (κ3) is 2.89. The SMILES string of the molecule is CC1CCC(C#N)C(N2CCC3(CCCCC3)CC2)C1. The van der Waals surface area contributed by atoms with E-state index in [1.807, 2.05) is 0 Å². The van der Waals surface area contributed by atoms with Crippen LogP contribution in [0.2, 0.25) is 0 Å². The molecular formula is C18H30N2. The van der Waals surface area contributed by atoms with E-state index in [2.05, 4.69) is 17.9 Å². The molecule has 0 N–H and O–H groups in total. The van der Waals surface area contributed by atoms with Gasteiger partial charge in [-0.25, -0.2) is 0 Å². The lowest BCUT2D eigenvalue weighted by molar-refractivity contribution is 0.0180. The van der Waals surface area contributed by atoms with Gasteiger partial charge in [0.1, 0.15) is 0 Å². The number of likely N-dealkylation sites (tertiary alicyclic amines) is 1. The molecule has 0 radical (unpaired) electrons. The van der Waals surface area contributed by atoms with Crippen LogP contribution < -0.4 is 0 Å². The minimum absolute atomic E-state index is 0.298. The van der Waals surface area contributed by atoms with E-state index < -0.39 is 0 Å². The average molecular weight is 274 g/mol. The van der Waals surface area contributed by atoms with Gasteiger partial charge >= 0.3 is 0 Å². The van der Waals surface area contributed by atoms with Crippen LogP contribution in [0.3, 0.4) is 0 Å². The van der Waals surface area contributed by atoms with Crippen molar-refractivity contribution in [3.05, 3.63) is 0 Å². The molecule has 3 fully saturated rings. The molecular weight excluding hydrogens is 244 g/mol. The summed E-state index contributed by atoms with van der Waals surface area (Å²) < 4.78 is 0. The van der Waals surface area contributed by atoms with Gasteiger partial charge in [0.15, 0.2) is 0 Å². The zero-order valence-electron chi connectivity index (χ0n) is 13.1. The third-order valence-electron chi connectivity index (χ3n) is 6.49. The van der Waals surface area contributed by atoms with Gasteiger partial charge in [0, 0.05) is 6.04 Å². The van der Waals surface area contributed by atoms with Crippen molar-refractivity contribution in [2.24, 2.45) is 17.3 Å². The van der Waals surface area contributed by atoms with E-state index in [1.165, 1.54) is 70.9 Å². The zero-order valence-corrected chi connectivity index (χ0v) is 13.1. The fraction of sp³-hybridized carbons (Fsp3) is 0.944. The number of hydrogen-bond acceptors (Lipinski definition) is 2. The van der Waals surface area contributed by atoms with E-state index in [1.54, 1.807) is 0 Å². The molecule has 0 bridgehead atoms. The molecule has 0 aromatic heterocycles. The van der Waals surface area contributed by atoms with Gasteiger partial charge in [0.2, 0.25) is 0 Å². The van der Waals surface area contributed by atoms with Crippen molar-refractivity contribution in [1.82, 2.24) is 4.90 Å². The van der Waals surface area contributed by atoms with Gasteiger partial charge in [-0.05, 0) is 69.4 Å². The van der Waals surface area contributed by atoms with Crippen molar-refractivity contribution in [2.45, 2.75) is 77.2 Å². The molecule has 1 heterocycles. The molecule has 1 spiro atoms. The van der Waals surface area contributed by atoms with Crippen LogP contribution in [0.25, 0.3) is 0 Å². The number of piperidine rings is 1. The average Bonchev–Trinajstić information content (AvgIpc) is 2.49. The van der Waals surface area contributed by atoms with Gasteiger partial charge in [-0.2, -0.15) is 5.26 Å². The maximum atomic E-state index is 9.44. The van der Waals surface area contributed by atoms with Crippen LogP contribution in [0.1, 0.15) is 71.1 Å². The second kappa shape index (κ2) is 6.06. The largest absolute Gasteiger partial charge is 0.299 e. The Hall–Kier alpha value is -0.550. The van der Waals surface area contributed by atoms with E-state index in [0.717, 1.165) is 12.3 Å². The van der Waals surface area contributed by atoms with Crippen molar-refractivity contribution in [3.63, 3.8) is 0 Å².